The molecule has 1 aromatic heterocycles. The molecule has 0 unspecified atom stereocenters. The first-order valence-corrected chi connectivity index (χ1v) is 5.18. The molecule has 0 spiro atoms. The van der Waals surface area contributed by atoms with Crippen LogP contribution in [0.4, 0.5) is 0 Å². The molecule has 0 amide bonds. The number of aryl methyl sites for hydroxylation is 1. The molecular formula is C11H12N4O2. The molecule has 2 aromatic rings. The third kappa shape index (κ3) is 2.66. The number of hydrogen-bond acceptors (Lipinski definition) is 4. The van der Waals surface area contributed by atoms with E-state index in [1.807, 2.05) is 31.2 Å². The third-order valence-corrected chi connectivity index (χ3v) is 2.50. The molecule has 0 bridgehead atoms. The van der Waals surface area contributed by atoms with E-state index in [0.717, 1.165) is 11.1 Å². The van der Waals surface area contributed by atoms with Crippen LogP contribution in [0.1, 0.15) is 17.0 Å². The Morgan fingerprint density at radius 2 is 2.18 bits per heavy atom. The molecule has 0 radical (unpaired) electrons. The Balaban J connectivity index is 2.22. The van der Waals surface area contributed by atoms with Gasteiger partial charge in [0.25, 0.3) is 0 Å². The van der Waals surface area contributed by atoms with Crippen molar-refractivity contribution in [2.45, 2.75) is 19.9 Å². The number of aromatic nitrogens is 4. The van der Waals surface area contributed by atoms with E-state index in [0.29, 0.717) is 12.4 Å². The predicted octanol–water partition coefficient (Wildman–Crippen LogP) is 0.657. The summed E-state index contributed by atoms with van der Waals surface area (Å²) in [6, 6.07) is 7.86. The van der Waals surface area contributed by atoms with Crippen molar-refractivity contribution in [2.24, 2.45) is 0 Å². The van der Waals surface area contributed by atoms with Crippen LogP contribution in [-0.4, -0.2) is 31.3 Å². The van der Waals surface area contributed by atoms with Crippen molar-refractivity contribution < 1.29 is 9.90 Å². The lowest BCUT2D eigenvalue weighted by Gasteiger charge is -2.06. The maximum absolute atomic E-state index is 10.6. The van der Waals surface area contributed by atoms with Gasteiger partial charge in [-0.2, -0.15) is 0 Å². The Hall–Kier alpha value is -2.24. The van der Waals surface area contributed by atoms with Gasteiger partial charge in [0, 0.05) is 0 Å². The van der Waals surface area contributed by atoms with Gasteiger partial charge in [0.2, 0.25) is 0 Å². The molecule has 0 aliphatic heterocycles. The van der Waals surface area contributed by atoms with Gasteiger partial charge in [0.15, 0.2) is 5.82 Å². The zero-order valence-electron chi connectivity index (χ0n) is 9.37. The van der Waals surface area contributed by atoms with Crippen LogP contribution < -0.4 is 0 Å². The van der Waals surface area contributed by atoms with Gasteiger partial charge in [-0.15, -0.1) is 5.10 Å². The summed E-state index contributed by atoms with van der Waals surface area (Å²) < 4.78 is 1.51. The first kappa shape index (κ1) is 11.3. The summed E-state index contributed by atoms with van der Waals surface area (Å²) in [4.78, 5) is 10.6. The summed E-state index contributed by atoms with van der Waals surface area (Å²) in [5.74, 6) is -0.577. The van der Waals surface area contributed by atoms with Crippen molar-refractivity contribution in [2.75, 3.05) is 0 Å². The first-order valence-electron chi connectivity index (χ1n) is 5.18. The lowest BCUT2D eigenvalue weighted by Crippen LogP contribution is -2.12. The average Bonchev–Trinajstić information content (AvgIpc) is 2.68. The van der Waals surface area contributed by atoms with Crippen LogP contribution in [0.25, 0.3) is 0 Å². The number of hydrogen-bond donors (Lipinski definition) is 1. The molecule has 0 aliphatic carbocycles. The molecule has 17 heavy (non-hydrogen) atoms. The predicted molar refractivity (Wildman–Crippen MR) is 59.4 cm³/mol. The van der Waals surface area contributed by atoms with Gasteiger partial charge in [-0.25, -0.2) is 4.68 Å². The Kier molecular flexibility index (Phi) is 3.13. The van der Waals surface area contributed by atoms with E-state index >= 15 is 0 Å². The zero-order chi connectivity index (χ0) is 12.3. The van der Waals surface area contributed by atoms with Gasteiger partial charge < -0.3 is 5.11 Å². The SMILES string of the molecule is Cc1ccccc1Cn1nnnc1CC(=O)O. The number of aliphatic carboxylic acids is 1. The number of carboxylic acids is 1. The summed E-state index contributed by atoms with van der Waals surface area (Å²) in [5, 5.41) is 19.7. The van der Waals surface area contributed by atoms with Gasteiger partial charge >= 0.3 is 5.97 Å². The van der Waals surface area contributed by atoms with Crippen molar-refractivity contribution >= 4 is 5.97 Å². The second kappa shape index (κ2) is 4.73. The number of nitrogens with zero attached hydrogens (tertiary/aromatic N) is 4. The molecule has 0 saturated carbocycles. The molecule has 0 saturated heterocycles. The lowest BCUT2D eigenvalue weighted by molar-refractivity contribution is -0.136. The summed E-state index contributed by atoms with van der Waals surface area (Å²) in [6.45, 7) is 2.48. The number of carboxylic acid groups (broad SMARTS) is 1. The zero-order valence-corrected chi connectivity index (χ0v) is 9.37. The van der Waals surface area contributed by atoms with Crippen LogP contribution in [0.15, 0.2) is 24.3 Å². The van der Waals surface area contributed by atoms with E-state index in [9.17, 15) is 4.79 Å². The molecule has 1 aromatic carbocycles. The van der Waals surface area contributed by atoms with Crippen LogP contribution in [0.3, 0.4) is 0 Å². The van der Waals surface area contributed by atoms with Crippen molar-refractivity contribution in [1.29, 1.82) is 0 Å². The molecule has 0 aliphatic rings. The van der Waals surface area contributed by atoms with E-state index in [4.69, 9.17) is 5.11 Å². The van der Waals surface area contributed by atoms with Gasteiger partial charge in [-0.05, 0) is 28.5 Å². The number of benzene rings is 1. The van der Waals surface area contributed by atoms with Crippen molar-refractivity contribution in [3.8, 4) is 0 Å². The fourth-order valence-electron chi connectivity index (χ4n) is 1.56. The highest BCUT2D eigenvalue weighted by Gasteiger charge is 2.11. The van der Waals surface area contributed by atoms with E-state index in [1.54, 1.807) is 0 Å². The maximum Gasteiger partial charge on any atom is 0.311 e. The van der Waals surface area contributed by atoms with E-state index in [-0.39, 0.29) is 6.42 Å². The van der Waals surface area contributed by atoms with Crippen molar-refractivity contribution in [3.63, 3.8) is 0 Å². The number of rotatable bonds is 4. The summed E-state index contributed by atoms with van der Waals surface area (Å²) >= 11 is 0. The van der Waals surface area contributed by atoms with E-state index in [2.05, 4.69) is 15.5 Å². The second-order valence-electron chi connectivity index (χ2n) is 3.75. The molecule has 6 heteroatoms. The minimum Gasteiger partial charge on any atom is -0.481 e. The van der Waals surface area contributed by atoms with Crippen molar-refractivity contribution in [1.82, 2.24) is 20.2 Å². The fourth-order valence-corrected chi connectivity index (χ4v) is 1.56. The molecule has 1 heterocycles. The van der Waals surface area contributed by atoms with Gasteiger partial charge in [0.05, 0.1) is 6.54 Å². The van der Waals surface area contributed by atoms with Crippen LogP contribution in [0.5, 0.6) is 0 Å². The van der Waals surface area contributed by atoms with Crippen LogP contribution in [0, 0.1) is 6.92 Å². The monoisotopic (exact) mass is 232 g/mol. The molecule has 0 atom stereocenters. The highest BCUT2D eigenvalue weighted by molar-refractivity contribution is 5.68. The van der Waals surface area contributed by atoms with Gasteiger partial charge in [-0.1, -0.05) is 24.3 Å². The van der Waals surface area contributed by atoms with Crippen LogP contribution in [0.2, 0.25) is 0 Å². The largest absolute Gasteiger partial charge is 0.481 e. The molecule has 2 rings (SSSR count). The molecule has 1 N–H and O–H groups in total. The second-order valence-corrected chi connectivity index (χ2v) is 3.75. The minimum atomic E-state index is -0.939. The van der Waals surface area contributed by atoms with Crippen LogP contribution >= 0.6 is 0 Å². The summed E-state index contributed by atoms with van der Waals surface area (Å²) in [6.07, 6.45) is -0.168. The highest BCUT2D eigenvalue weighted by atomic mass is 16.4. The molecule has 6 nitrogen and oxygen atoms in total. The topological polar surface area (TPSA) is 80.9 Å². The van der Waals surface area contributed by atoms with Gasteiger partial charge in [-0.3, -0.25) is 4.79 Å². The normalized spacial score (nSPS) is 10.4. The lowest BCUT2D eigenvalue weighted by atomic mass is 10.1. The smallest absolute Gasteiger partial charge is 0.311 e. The van der Waals surface area contributed by atoms with E-state index < -0.39 is 5.97 Å². The van der Waals surface area contributed by atoms with E-state index in [1.165, 1.54) is 4.68 Å². The minimum absolute atomic E-state index is 0.168. The molecule has 0 fully saturated rings. The standard InChI is InChI=1S/C11H12N4O2/c1-8-4-2-3-5-9(8)7-15-10(6-11(16)17)12-13-14-15/h2-5H,6-7H2,1H3,(H,16,17). The van der Waals surface area contributed by atoms with Crippen molar-refractivity contribution in [3.05, 3.63) is 41.2 Å². The quantitative estimate of drug-likeness (QED) is 0.837. The Morgan fingerprint density at radius 1 is 1.41 bits per heavy atom. The average molecular weight is 232 g/mol. The number of carbonyl (C=O) groups is 1. The van der Waals surface area contributed by atoms with Gasteiger partial charge in [0.1, 0.15) is 6.42 Å². The first-order chi connectivity index (χ1) is 8.16. The fraction of sp³-hybridized carbons (Fsp3) is 0.273. The summed E-state index contributed by atoms with van der Waals surface area (Å²) in [5.41, 5.74) is 2.20. The maximum atomic E-state index is 10.6. The highest BCUT2D eigenvalue weighted by Crippen LogP contribution is 2.09. The number of tetrazole rings is 1. The molecular weight excluding hydrogens is 220 g/mol. The molecule has 88 valence electrons. The Bertz CT molecular complexity index is 536. The van der Waals surface area contributed by atoms with Crippen LogP contribution in [-0.2, 0) is 17.8 Å². The summed E-state index contributed by atoms with van der Waals surface area (Å²) in [7, 11) is 0. The third-order valence-electron chi connectivity index (χ3n) is 2.50. The Morgan fingerprint density at radius 3 is 2.88 bits per heavy atom. The Labute approximate surface area is 97.9 Å².